The summed E-state index contributed by atoms with van der Waals surface area (Å²) in [5, 5.41) is 6.54. The molecular weight excluding hydrogens is 264 g/mol. The molecule has 0 saturated carbocycles. The van der Waals surface area contributed by atoms with Crippen molar-refractivity contribution in [2.45, 2.75) is 33.2 Å². The van der Waals surface area contributed by atoms with Crippen LogP contribution in [0.3, 0.4) is 0 Å². The van der Waals surface area contributed by atoms with Crippen LogP contribution in [-0.2, 0) is 0 Å². The maximum atomic E-state index is 5.60. The van der Waals surface area contributed by atoms with Crippen molar-refractivity contribution in [3.63, 3.8) is 0 Å². The van der Waals surface area contributed by atoms with Gasteiger partial charge in [0.1, 0.15) is 11.6 Å². The van der Waals surface area contributed by atoms with Gasteiger partial charge < -0.3 is 15.4 Å². The molecule has 5 heteroatoms. The van der Waals surface area contributed by atoms with Gasteiger partial charge in [-0.25, -0.2) is 4.98 Å². The second kappa shape index (κ2) is 7.47. The van der Waals surface area contributed by atoms with Crippen LogP contribution in [0.15, 0.2) is 36.5 Å². The number of hydrogen-bond donors (Lipinski definition) is 2. The van der Waals surface area contributed by atoms with Gasteiger partial charge >= 0.3 is 0 Å². The normalized spacial score (nSPS) is 11.8. The molecule has 0 radical (unpaired) electrons. The number of benzene rings is 1. The molecule has 2 N–H and O–H groups in total. The van der Waals surface area contributed by atoms with E-state index >= 15 is 0 Å². The Morgan fingerprint density at radius 3 is 2.76 bits per heavy atom. The van der Waals surface area contributed by atoms with Gasteiger partial charge in [-0.05, 0) is 38.5 Å². The van der Waals surface area contributed by atoms with Crippen molar-refractivity contribution in [2.24, 2.45) is 0 Å². The molecule has 0 saturated heterocycles. The van der Waals surface area contributed by atoms with Crippen LogP contribution in [0.5, 0.6) is 5.75 Å². The summed E-state index contributed by atoms with van der Waals surface area (Å²) in [6.45, 7) is 6.82. The van der Waals surface area contributed by atoms with E-state index in [1.54, 1.807) is 6.20 Å². The molecule has 0 aliphatic carbocycles. The SMILES string of the molecule is CCOc1ccccc1Nc1ccnc(NC(C)CC)n1. The van der Waals surface area contributed by atoms with Crippen molar-refractivity contribution in [1.29, 1.82) is 0 Å². The molecule has 0 amide bonds. The lowest BCUT2D eigenvalue weighted by Gasteiger charge is -2.14. The number of anilines is 3. The Morgan fingerprint density at radius 2 is 2.00 bits per heavy atom. The van der Waals surface area contributed by atoms with Crippen molar-refractivity contribution in [3.8, 4) is 5.75 Å². The number of hydrogen-bond acceptors (Lipinski definition) is 5. The Morgan fingerprint density at radius 1 is 1.19 bits per heavy atom. The molecule has 2 rings (SSSR count). The van der Waals surface area contributed by atoms with E-state index in [9.17, 15) is 0 Å². The van der Waals surface area contributed by atoms with Crippen LogP contribution in [-0.4, -0.2) is 22.6 Å². The zero-order chi connectivity index (χ0) is 15.1. The summed E-state index contributed by atoms with van der Waals surface area (Å²) in [6, 6.07) is 10.00. The van der Waals surface area contributed by atoms with E-state index in [1.807, 2.05) is 37.3 Å². The lowest BCUT2D eigenvalue weighted by molar-refractivity contribution is 0.342. The lowest BCUT2D eigenvalue weighted by Crippen LogP contribution is -2.15. The van der Waals surface area contributed by atoms with Crippen molar-refractivity contribution in [3.05, 3.63) is 36.5 Å². The molecule has 1 unspecified atom stereocenters. The van der Waals surface area contributed by atoms with Crippen LogP contribution >= 0.6 is 0 Å². The third kappa shape index (κ3) is 4.34. The standard InChI is InChI=1S/C16H22N4O/c1-4-12(3)18-16-17-11-10-15(20-16)19-13-8-6-7-9-14(13)21-5-2/h6-12H,4-5H2,1-3H3,(H2,17,18,19,20). The average molecular weight is 286 g/mol. The van der Waals surface area contributed by atoms with E-state index in [0.717, 1.165) is 23.7 Å². The summed E-state index contributed by atoms with van der Waals surface area (Å²) in [5.74, 6) is 2.18. The van der Waals surface area contributed by atoms with Gasteiger partial charge in [-0.2, -0.15) is 4.98 Å². The highest BCUT2D eigenvalue weighted by atomic mass is 16.5. The quantitative estimate of drug-likeness (QED) is 0.810. The van der Waals surface area contributed by atoms with Crippen LogP contribution in [0.2, 0.25) is 0 Å². The predicted molar refractivity (Wildman–Crippen MR) is 86.3 cm³/mol. The number of nitrogens with zero attached hydrogens (tertiary/aromatic N) is 2. The summed E-state index contributed by atoms with van der Waals surface area (Å²) in [5.41, 5.74) is 0.896. The fourth-order valence-corrected chi connectivity index (χ4v) is 1.81. The number of rotatable bonds is 7. The molecule has 0 aliphatic heterocycles. The first kappa shape index (κ1) is 15.1. The van der Waals surface area contributed by atoms with E-state index in [0.29, 0.717) is 18.6 Å². The topological polar surface area (TPSA) is 59.1 Å². The highest BCUT2D eigenvalue weighted by Crippen LogP contribution is 2.26. The zero-order valence-corrected chi connectivity index (χ0v) is 12.8. The summed E-state index contributed by atoms with van der Waals surface area (Å²) >= 11 is 0. The number of para-hydroxylation sites is 2. The molecule has 21 heavy (non-hydrogen) atoms. The van der Waals surface area contributed by atoms with Crippen LogP contribution < -0.4 is 15.4 Å². The van der Waals surface area contributed by atoms with Crippen LogP contribution in [0.4, 0.5) is 17.5 Å². The zero-order valence-electron chi connectivity index (χ0n) is 12.8. The van der Waals surface area contributed by atoms with Gasteiger partial charge in [0, 0.05) is 12.2 Å². The Balaban J connectivity index is 2.14. The third-order valence-corrected chi connectivity index (χ3v) is 3.09. The molecule has 0 aliphatic rings. The second-order valence-corrected chi connectivity index (χ2v) is 4.77. The van der Waals surface area contributed by atoms with Crippen LogP contribution in [0, 0.1) is 0 Å². The minimum Gasteiger partial charge on any atom is -0.492 e. The maximum Gasteiger partial charge on any atom is 0.224 e. The van der Waals surface area contributed by atoms with Crippen molar-refractivity contribution < 1.29 is 4.74 Å². The Labute approximate surface area is 125 Å². The van der Waals surface area contributed by atoms with E-state index in [4.69, 9.17) is 4.74 Å². The second-order valence-electron chi connectivity index (χ2n) is 4.77. The van der Waals surface area contributed by atoms with E-state index in [2.05, 4.69) is 34.4 Å². The average Bonchev–Trinajstić information content (AvgIpc) is 2.50. The van der Waals surface area contributed by atoms with Crippen molar-refractivity contribution in [1.82, 2.24) is 9.97 Å². The molecule has 0 bridgehead atoms. The van der Waals surface area contributed by atoms with Crippen LogP contribution in [0.25, 0.3) is 0 Å². The van der Waals surface area contributed by atoms with Gasteiger partial charge in [-0.1, -0.05) is 19.1 Å². The smallest absolute Gasteiger partial charge is 0.224 e. The molecule has 1 aromatic carbocycles. The molecule has 1 aromatic heterocycles. The van der Waals surface area contributed by atoms with Gasteiger partial charge in [0.2, 0.25) is 5.95 Å². The van der Waals surface area contributed by atoms with Gasteiger partial charge in [0.05, 0.1) is 12.3 Å². The summed E-state index contributed by atoms with van der Waals surface area (Å²) < 4.78 is 5.60. The van der Waals surface area contributed by atoms with E-state index < -0.39 is 0 Å². The molecule has 0 fully saturated rings. The molecule has 1 atom stereocenters. The highest BCUT2D eigenvalue weighted by Gasteiger charge is 2.06. The molecule has 1 heterocycles. The minimum absolute atomic E-state index is 0.343. The highest BCUT2D eigenvalue weighted by molar-refractivity contribution is 5.64. The first-order valence-corrected chi connectivity index (χ1v) is 7.31. The first-order chi connectivity index (χ1) is 10.2. The monoisotopic (exact) mass is 286 g/mol. The van der Waals surface area contributed by atoms with Gasteiger partial charge in [0.25, 0.3) is 0 Å². The number of nitrogens with one attached hydrogen (secondary N) is 2. The largest absolute Gasteiger partial charge is 0.492 e. The number of ether oxygens (including phenoxy) is 1. The summed E-state index contributed by atoms with van der Waals surface area (Å²) in [4.78, 5) is 8.70. The van der Waals surface area contributed by atoms with E-state index in [-0.39, 0.29) is 0 Å². The Hall–Kier alpha value is -2.30. The summed E-state index contributed by atoms with van der Waals surface area (Å²) in [7, 11) is 0. The van der Waals surface area contributed by atoms with Gasteiger partial charge in [0.15, 0.2) is 0 Å². The van der Waals surface area contributed by atoms with E-state index in [1.165, 1.54) is 0 Å². The molecule has 0 spiro atoms. The predicted octanol–water partition coefficient (Wildman–Crippen LogP) is 3.83. The molecule has 112 valence electrons. The fraction of sp³-hybridized carbons (Fsp3) is 0.375. The fourth-order valence-electron chi connectivity index (χ4n) is 1.81. The molecular formula is C16H22N4O. The maximum absolute atomic E-state index is 5.60. The number of aromatic nitrogens is 2. The minimum atomic E-state index is 0.343. The van der Waals surface area contributed by atoms with Gasteiger partial charge in [-0.3, -0.25) is 0 Å². The molecule has 5 nitrogen and oxygen atoms in total. The Kier molecular flexibility index (Phi) is 5.37. The summed E-state index contributed by atoms with van der Waals surface area (Å²) in [6.07, 6.45) is 2.76. The van der Waals surface area contributed by atoms with Gasteiger partial charge in [-0.15, -0.1) is 0 Å². The van der Waals surface area contributed by atoms with Crippen molar-refractivity contribution in [2.75, 3.05) is 17.2 Å². The van der Waals surface area contributed by atoms with Crippen LogP contribution in [0.1, 0.15) is 27.2 Å². The van der Waals surface area contributed by atoms with Crippen molar-refractivity contribution >= 4 is 17.5 Å². The first-order valence-electron chi connectivity index (χ1n) is 7.31. The lowest BCUT2D eigenvalue weighted by atomic mass is 10.3. The molecule has 2 aromatic rings. The third-order valence-electron chi connectivity index (χ3n) is 3.09. The Bertz CT molecular complexity index is 574.